The molecule has 150 valence electrons. The number of nitrogens with two attached hydrogens (primary N) is 2. The zero-order valence-electron chi connectivity index (χ0n) is 17.2. The fourth-order valence-corrected chi connectivity index (χ4v) is 4.12. The van der Waals surface area contributed by atoms with Gasteiger partial charge in [-0.1, -0.05) is 27.2 Å². The third kappa shape index (κ3) is 4.78. The molecule has 27 heavy (non-hydrogen) atoms. The number of hydrogen-bond acceptors (Lipinski definition) is 5. The second kappa shape index (κ2) is 9.00. The van der Waals surface area contributed by atoms with Crippen molar-refractivity contribution in [1.82, 2.24) is 19.7 Å². The van der Waals surface area contributed by atoms with Crippen molar-refractivity contribution >= 4 is 16.9 Å². The fraction of sp³-hybridized carbons (Fsp3) is 0.762. The summed E-state index contributed by atoms with van der Waals surface area (Å²) < 4.78 is 2.42. The van der Waals surface area contributed by atoms with Gasteiger partial charge < -0.3 is 16.0 Å². The van der Waals surface area contributed by atoms with Gasteiger partial charge >= 0.3 is 0 Å². The molecule has 1 saturated carbocycles. The summed E-state index contributed by atoms with van der Waals surface area (Å²) in [5, 5.41) is 8.69. The van der Waals surface area contributed by atoms with E-state index in [0.717, 1.165) is 74.0 Å². The van der Waals surface area contributed by atoms with Gasteiger partial charge in [-0.05, 0) is 56.8 Å². The predicted molar refractivity (Wildman–Crippen MR) is 111 cm³/mol. The molecule has 2 aromatic heterocycles. The quantitative estimate of drug-likeness (QED) is 0.733. The Labute approximate surface area is 163 Å². The molecule has 0 radical (unpaired) electrons. The number of nitrogen functional groups attached to an aromatic ring is 1. The van der Waals surface area contributed by atoms with Crippen LogP contribution in [0.3, 0.4) is 0 Å². The van der Waals surface area contributed by atoms with Crippen LogP contribution in [0.25, 0.3) is 11.0 Å². The Morgan fingerprint density at radius 2 is 1.85 bits per heavy atom. The molecule has 0 aliphatic heterocycles. The van der Waals surface area contributed by atoms with Gasteiger partial charge in [0.25, 0.3) is 0 Å². The van der Waals surface area contributed by atoms with Crippen LogP contribution >= 0.6 is 0 Å². The molecule has 1 aliphatic carbocycles. The highest BCUT2D eigenvalue weighted by molar-refractivity contribution is 5.86. The average Bonchev–Trinajstić information content (AvgIpc) is 3.00. The first kappa shape index (κ1) is 20.1. The van der Waals surface area contributed by atoms with Crippen molar-refractivity contribution in [2.24, 2.45) is 17.6 Å². The smallest absolute Gasteiger partial charge is 0.174 e. The zero-order valence-corrected chi connectivity index (χ0v) is 17.2. The van der Waals surface area contributed by atoms with Crippen LogP contribution in [0, 0.1) is 11.8 Å². The molecule has 0 bridgehead atoms. The van der Waals surface area contributed by atoms with Crippen molar-refractivity contribution < 1.29 is 0 Å². The fourth-order valence-electron chi connectivity index (χ4n) is 4.12. The van der Waals surface area contributed by atoms with Crippen LogP contribution < -0.4 is 11.5 Å². The number of aromatic nitrogens is 4. The van der Waals surface area contributed by atoms with Crippen LogP contribution in [0.5, 0.6) is 0 Å². The highest BCUT2D eigenvalue weighted by atomic mass is 15.2. The van der Waals surface area contributed by atoms with Gasteiger partial charge in [0.2, 0.25) is 0 Å². The van der Waals surface area contributed by atoms with Gasteiger partial charge in [0.05, 0.1) is 11.2 Å². The van der Waals surface area contributed by atoms with E-state index in [1.165, 1.54) is 12.8 Å². The maximum atomic E-state index is 6.18. The van der Waals surface area contributed by atoms with Gasteiger partial charge in [0.1, 0.15) is 11.3 Å². The number of imidazole rings is 1. The topological polar surface area (TPSA) is 95.6 Å². The van der Waals surface area contributed by atoms with Crippen molar-refractivity contribution in [3.8, 4) is 0 Å². The lowest BCUT2D eigenvalue weighted by Gasteiger charge is -2.27. The molecule has 0 unspecified atom stereocenters. The van der Waals surface area contributed by atoms with E-state index in [1.54, 1.807) is 0 Å². The molecule has 2 aromatic rings. The molecular formula is C21H36N6. The largest absolute Gasteiger partial charge is 0.380 e. The summed E-state index contributed by atoms with van der Waals surface area (Å²) in [5.41, 5.74) is 15.3. The van der Waals surface area contributed by atoms with Gasteiger partial charge in [0.15, 0.2) is 5.82 Å². The SMILES string of the molecule is CCCCc1nc2c(N)nnc(CCC(C)C)c2n1CC1CCC(N)CC1. The molecule has 0 spiro atoms. The van der Waals surface area contributed by atoms with Crippen LogP contribution in [0.4, 0.5) is 5.82 Å². The van der Waals surface area contributed by atoms with Crippen LogP contribution in [0.1, 0.15) is 77.2 Å². The lowest BCUT2D eigenvalue weighted by molar-refractivity contribution is 0.294. The zero-order chi connectivity index (χ0) is 19.4. The van der Waals surface area contributed by atoms with E-state index >= 15 is 0 Å². The molecule has 4 N–H and O–H groups in total. The summed E-state index contributed by atoms with van der Waals surface area (Å²) in [5.74, 6) is 2.90. The molecule has 3 rings (SSSR count). The molecular weight excluding hydrogens is 336 g/mol. The van der Waals surface area contributed by atoms with Crippen molar-refractivity contribution in [2.75, 3.05) is 5.73 Å². The number of nitrogens with zero attached hydrogens (tertiary/aromatic N) is 4. The normalized spacial score (nSPS) is 20.6. The van der Waals surface area contributed by atoms with E-state index < -0.39 is 0 Å². The average molecular weight is 373 g/mol. The minimum atomic E-state index is 0.378. The number of rotatable bonds is 8. The maximum absolute atomic E-state index is 6.18. The molecule has 0 atom stereocenters. The first-order valence-corrected chi connectivity index (χ1v) is 10.7. The van der Waals surface area contributed by atoms with Crippen molar-refractivity contribution in [3.05, 3.63) is 11.5 Å². The lowest BCUT2D eigenvalue weighted by Crippen LogP contribution is -2.28. The molecule has 2 heterocycles. The predicted octanol–water partition coefficient (Wildman–Crippen LogP) is 3.86. The summed E-state index contributed by atoms with van der Waals surface area (Å²) in [7, 11) is 0. The third-order valence-corrected chi connectivity index (χ3v) is 5.89. The molecule has 1 fully saturated rings. The monoisotopic (exact) mass is 372 g/mol. The second-order valence-corrected chi connectivity index (χ2v) is 8.68. The Kier molecular flexibility index (Phi) is 6.68. The van der Waals surface area contributed by atoms with Gasteiger partial charge in [-0.15, -0.1) is 5.10 Å². The summed E-state index contributed by atoms with van der Waals surface area (Å²) in [4.78, 5) is 4.93. The van der Waals surface area contributed by atoms with Gasteiger partial charge in [-0.2, -0.15) is 5.10 Å². The van der Waals surface area contributed by atoms with Crippen molar-refractivity contribution in [2.45, 2.75) is 91.1 Å². The lowest BCUT2D eigenvalue weighted by atomic mass is 9.86. The van der Waals surface area contributed by atoms with Gasteiger partial charge in [-0.25, -0.2) is 4.98 Å². The molecule has 0 saturated heterocycles. The van der Waals surface area contributed by atoms with E-state index in [9.17, 15) is 0 Å². The van der Waals surface area contributed by atoms with E-state index in [0.29, 0.717) is 23.7 Å². The number of fused-ring (bicyclic) bond motifs is 1. The Balaban J connectivity index is 1.98. The summed E-state index contributed by atoms with van der Waals surface area (Å²) in [6, 6.07) is 0.378. The summed E-state index contributed by atoms with van der Waals surface area (Å²) in [6.45, 7) is 7.72. The molecule has 0 amide bonds. The Morgan fingerprint density at radius 3 is 2.52 bits per heavy atom. The van der Waals surface area contributed by atoms with Gasteiger partial charge in [0, 0.05) is 19.0 Å². The maximum Gasteiger partial charge on any atom is 0.174 e. The van der Waals surface area contributed by atoms with E-state index in [2.05, 4.69) is 35.5 Å². The number of aryl methyl sites for hydroxylation is 2. The Morgan fingerprint density at radius 1 is 1.11 bits per heavy atom. The first-order chi connectivity index (χ1) is 13.0. The van der Waals surface area contributed by atoms with E-state index in [-0.39, 0.29) is 0 Å². The Hall–Kier alpha value is -1.69. The molecule has 1 aliphatic rings. The molecule has 6 nitrogen and oxygen atoms in total. The highest BCUT2D eigenvalue weighted by Gasteiger charge is 2.24. The van der Waals surface area contributed by atoms with E-state index in [4.69, 9.17) is 16.5 Å². The van der Waals surface area contributed by atoms with Crippen molar-refractivity contribution in [3.63, 3.8) is 0 Å². The summed E-state index contributed by atoms with van der Waals surface area (Å²) >= 11 is 0. The standard InChI is InChI=1S/C21H36N6/c1-4-5-6-18-24-19-20(17(12-7-14(2)3)25-26-21(19)23)27(18)13-15-8-10-16(22)11-9-15/h14-16H,4-13,22H2,1-3H3,(H2,23,26). The number of unbranched alkanes of at least 4 members (excludes halogenated alkanes) is 1. The Bertz CT molecular complexity index is 743. The number of hydrogen-bond donors (Lipinski definition) is 2. The summed E-state index contributed by atoms with van der Waals surface area (Å²) in [6.07, 6.45) is 9.96. The molecule has 6 heteroatoms. The van der Waals surface area contributed by atoms with E-state index in [1.807, 2.05) is 0 Å². The van der Waals surface area contributed by atoms with Crippen LogP contribution in [0.2, 0.25) is 0 Å². The first-order valence-electron chi connectivity index (χ1n) is 10.7. The van der Waals surface area contributed by atoms with Crippen LogP contribution in [-0.4, -0.2) is 25.8 Å². The minimum absolute atomic E-state index is 0.378. The van der Waals surface area contributed by atoms with Crippen LogP contribution in [0.15, 0.2) is 0 Å². The second-order valence-electron chi connectivity index (χ2n) is 8.68. The van der Waals surface area contributed by atoms with Crippen LogP contribution in [-0.2, 0) is 19.4 Å². The minimum Gasteiger partial charge on any atom is -0.380 e. The number of anilines is 1. The van der Waals surface area contributed by atoms with Gasteiger partial charge in [-0.3, -0.25) is 0 Å². The van der Waals surface area contributed by atoms with Crippen molar-refractivity contribution in [1.29, 1.82) is 0 Å². The molecule has 0 aromatic carbocycles. The third-order valence-electron chi connectivity index (χ3n) is 5.89. The highest BCUT2D eigenvalue weighted by Crippen LogP contribution is 2.30.